The molecule has 0 spiro atoms. The summed E-state index contributed by atoms with van der Waals surface area (Å²) in [6, 6.07) is 6.87. The zero-order chi connectivity index (χ0) is 23.2. The highest BCUT2D eigenvalue weighted by molar-refractivity contribution is 7.93. The topological polar surface area (TPSA) is 101 Å². The first-order valence-electron chi connectivity index (χ1n) is 8.69. The molecule has 3 rings (SSSR count). The number of alkyl halides is 3. The number of anilines is 1. The molecule has 0 saturated heterocycles. The van der Waals surface area contributed by atoms with Crippen LogP contribution in [0.3, 0.4) is 0 Å². The molecule has 13 heteroatoms. The molecule has 1 amide bonds. The van der Waals surface area contributed by atoms with Crippen molar-refractivity contribution in [3.05, 3.63) is 58.9 Å². The normalized spacial score (nSPS) is 15.0. The van der Waals surface area contributed by atoms with Crippen molar-refractivity contribution in [1.82, 2.24) is 4.90 Å². The first-order valence-corrected chi connectivity index (χ1v) is 12.1. The number of carbonyl (C=O) groups excluding carboxylic acids is 1. The van der Waals surface area contributed by atoms with Gasteiger partial charge in [0.05, 0.1) is 10.5 Å². The fraction of sp³-hybridized carbons (Fsp3) is 0.278. The van der Waals surface area contributed by atoms with Gasteiger partial charge in [-0.15, -0.1) is 0 Å². The molecule has 7 nitrogen and oxygen atoms in total. The van der Waals surface area contributed by atoms with Gasteiger partial charge >= 0.3 is 15.5 Å². The predicted molar refractivity (Wildman–Crippen MR) is 103 cm³/mol. The van der Waals surface area contributed by atoms with Crippen LogP contribution in [-0.4, -0.2) is 46.0 Å². The van der Waals surface area contributed by atoms with E-state index in [-0.39, 0.29) is 41.2 Å². The Hall–Kier alpha value is -2.67. The van der Waals surface area contributed by atoms with Crippen molar-refractivity contribution in [2.75, 3.05) is 17.5 Å². The fourth-order valence-corrected chi connectivity index (χ4v) is 4.62. The molecule has 1 heterocycles. The third kappa shape index (κ3) is 4.66. The molecular weight excluding hydrogens is 464 g/mol. The van der Waals surface area contributed by atoms with Crippen LogP contribution in [0.2, 0.25) is 0 Å². The van der Waals surface area contributed by atoms with Gasteiger partial charge in [-0.05, 0) is 36.2 Å². The highest BCUT2D eigenvalue weighted by atomic mass is 32.2. The summed E-state index contributed by atoms with van der Waals surface area (Å²) >= 11 is 0. The summed E-state index contributed by atoms with van der Waals surface area (Å²) in [5, 5.41) is 0. The van der Waals surface area contributed by atoms with E-state index in [2.05, 4.69) is 0 Å². The molecule has 2 aromatic rings. The molecule has 2 aromatic carbocycles. The smallest absolute Gasteiger partial charge is 0.334 e. The Kier molecular flexibility index (Phi) is 5.78. The number of sulfonamides is 1. The number of halogens is 4. The summed E-state index contributed by atoms with van der Waals surface area (Å²) < 4.78 is 99.2. The van der Waals surface area contributed by atoms with E-state index in [9.17, 15) is 39.2 Å². The average molecular weight is 480 g/mol. The maximum absolute atomic E-state index is 14.1. The summed E-state index contributed by atoms with van der Waals surface area (Å²) in [5.41, 5.74) is -5.56. The lowest BCUT2D eigenvalue weighted by Gasteiger charge is -2.30. The number of benzene rings is 2. The molecule has 1 N–H and O–H groups in total. The molecule has 0 aliphatic carbocycles. The highest BCUT2D eigenvalue weighted by Crippen LogP contribution is 2.30. The van der Waals surface area contributed by atoms with E-state index in [1.807, 2.05) is 0 Å². The van der Waals surface area contributed by atoms with Crippen LogP contribution in [0.1, 0.15) is 21.5 Å². The van der Waals surface area contributed by atoms with Crippen molar-refractivity contribution in [1.29, 1.82) is 0 Å². The Morgan fingerprint density at radius 2 is 1.65 bits per heavy atom. The zero-order valence-electron chi connectivity index (χ0n) is 15.9. The Balaban J connectivity index is 1.83. The molecule has 0 fully saturated rings. The van der Waals surface area contributed by atoms with Gasteiger partial charge in [-0.25, -0.2) is 12.8 Å². The molecule has 1 aliphatic heterocycles. The maximum Gasteiger partial charge on any atom is 0.516 e. The number of sulfone groups is 1. The van der Waals surface area contributed by atoms with E-state index in [1.165, 1.54) is 21.8 Å². The first-order chi connectivity index (χ1) is 14.2. The van der Waals surface area contributed by atoms with E-state index in [0.717, 1.165) is 30.5 Å². The van der Waals surface area contributed by atoms with Gasteiger partial charge in [0, 0.05) is 30.6 Å². The van der Waals surface area contributed by atoms with Crippen molar-refractivity contribution in [2.45, 2.75) is 23.4 Å². The molecule has 0 saturated carbocycles. The summed E-state index contributed by atoms with van der Waals surface area (Å²) in [6.45, 7) is 0.0582. The number of carbonyl (C=O) groups is 1. The quantitative estimate of drug-likeness (QED) is 0.524. The minimum absolute atomic E-state index is 0.0149. The van der Waals surface area contributed by atoms with Gasteiger partial charge in [0.2, 0.25) is 0 Å². The van der Waals surface area contributed by atoms with Crippen LogP contribution < -0.4 is 4.72 Å². The van der Waals surface area contributed by atoms with Crippen molar-refractivity contribution in [3.63, 3.8) is 0 Å². The summed E-state index contributed by atoms with van der Waals surface area (Å²) in [7, 11) is -9.36. The molecule has 1 aliphatic rings. The average Bonchev–Trinajstić information content (AvgIpc) is 2.64. The minimum Gasteiger partial charge on any atom is -0.334 e. The Bertz CT molecular complexity index is 1240. The van der Waals surface area contributed by atoms with Crippen LogP contribution in [0.15, 0.2) is 41.3 Å². The fourth-order valence-electron chi connectivity index (χ4n) is 3.16. The molecule has 0 radical (unpaired) electrons. The van der Waals surface area contributed by atoms with Crippen LogP contribution in [0.5, 0.6) is 0 Å². The Labute approximate surface area is 175 Å². The molecule has 168 valence electrons. The van der Waals surface area contributed by atoms with Crippen molar-refractivity contribution < 1.29 is 39.2 Å². The Morgan fingerprint density at radius 1 is 1.03 bits per heavy atom. The molecule has 0 bridgehead atoms. The number of nitrogens with one attached hydrogen (secondary N) is 1. The predicted octanol–water partition coefficient (Wildman–Crippen LogP) is 2.69. The monoisotopic (exact) mass is 480 g/mol. The lowest BCUT2D eigenvalue weighted by molar-refractivity contribution is -0.0429. The van der Waals surface area contributed by atoms with E-state index >= 15 is 0 Å². The first kappa shape index (κ1) is 23.0. The summed E-state index contributed by atoms with van der Waals surface area (Å²) in [4.78, 5) is 13.9. The second-order valence-electron chi connectivity index (χ2n) is 6.90. The highest BCUT2D eigenvalue weighted by Gasteiger charge is 2.46. The largest absolute Gasteiger partial charge is 0.516 e. The van der Waals surface area contributed by atoms with Crippen molar-refractivity contribution in [3.8, 4) is 0 Å². The standard InChI is InChI=1S/C18H16F4N2O5S2/c1-30(26,27)15-7-6-14(19)13-8-9-24(17(25)16(13)15)10-11-2-4-12(5-3-11)23-31(28,29)18(20,21)22/h2-7,23H,8-10H2,1H3. The van der Waals surface area contributed by atoms with Gasteiger partial charge < -0.3 is 4.90 Å². The van der Waals surface area contributed by atoms with Gasteiger partial charge in [-0.3, -0.25) is 9.52 Å². The van der Waals surface area contributed by atoms with E-state index < -0.39 is 37.1 Å². The second-order valence-corrected chi connectivity index (χ2v) is 10.6. The number of hydrogen-bond acceptors (Lipinski definition) is 5. The van der Waals surface area contributed by atoms with E-state index in [0.29, 0.717) is 5.56 Å². The summed E-state index contributed by atoms with van der Waals surface area (Å²) in [5.74, 6) is -1.38. The maximum atomic E-state index is 14.1. The number of fused-ring (bicyclic) bond motifs is 1. The van der Waals surface area contributed by atoms with E-state index in [1.54, 1.807) is 0 Å². The number of rotatable bonds is 5. The molecule has 0 unspecified atom stereocenters. The molecule has 0 aromatic heterocycles. The van der Waals surface area contributed by atoms with Gasteiger partial charge in [0.25, 0.3) is 5.91 Å². The van der Waals surface area contributed by atoms with E-state index in [4.69, 9.17) is 0 Å². The van der Waals surface area contributed by atoms with Crippen molar-refractivity contribution >= 4 is 31.5 Å². The SMILES string of the molecule is CS(=O)(=O)c1ccc(F)c2c1C(=O)N(Cc1ccc(NS(=O)(=O)C(F)(F)F)cc1)CC2. The van der Waals surface area contributed by atoms with Crippen LogP contribution in [0.25, 0.3) is 0 Å². The van der Waals surface area contributed by atoms with Crippen molar-refractivity contribution in [2.24, 2.45) is 0 Å². The third-order valence-corrected chi connectivity index (χ3v) is 6.89. The number of amides is 1. The van der Waals surface area contributed by atoms with Gasteiger partial charge in [0.15, 0.2) is 9.84 Å². The number of nitrogens with zero attached hydrogens (tertiary/aromatic N) is 1. The lowest BCUT2D eigenvalue weighted by Crippen LogP contribution is -2.38. The zero-order valence-corrected chi connectivity index (χ0v) is 17.5. The number of hydrogen-bond donors (Lipinski definition) is 1. The summed E-state index contributed by atoms with van der Waals surface area (Å²) in [6.07, 6.45) is 0.993. The lowest BCUT2D eigenvalue weighted by atomic mass is 9.97. The molecular formula is C18H16F4N2O5S2. The van der Waals surface area contributed by atoms with Gasteiger partial charge in [-0.1, -0.05) is 12.1 Å². The van der Waals surface area contributed by atoms with Crippen LogP contribution in [-0.2, 0) is 32.8 Å². The third-order valence-electron chi connectivity index (χ3n) is 4.63. The van der Waals surface area contributed by atoms with Crippen LogP contribution in [0.4, 0.5) is 23.2 Å². The Morgan fingerprint density at radius 3 is 2.19 bits per heavy atom. The van der Waals surface area contributed by atoms with Crippen LogP contribution in [0, 0.1) is 5.82 Å². The van der Waals surface area contributed by atoms with Gasteiger partial charge in [-0.2, -0.15) is 21.6 Å². The molecule has 31 heavy (non-hydrogen) atoms. The van der Waals surface area contributed by atoms with Crippen LogP contribution >= 0.6 is 0 Å². The second kappa shape index (κ2) is 7.79. The molecule has 0 atom stereocenters. The minimum atomic E-state index is -5.56. The van der Waals surface area contributed by atoms with Gasteiger partial charge in [0.1, 0.15) is 5.82 Å².